The van der Waals surface area contributed by atoms with Crippen molar-refractivity contribution < 1.29 is 0 Å². The smallest absolute Gasteiger partial charge is 0.140 e. The van der Waals surface area contributed by atoms with Crippen LogP contribution in [0.3, 0.4) is 0 Å². The molecule has 1 aliphatic rings. The van der Waals surface area contributed by atoms with Gasteiger partial charge in [-0.3, -0.25) is 0 Å². The molecule has 1 fully saturated rings. The quantitative estimate of drug-likeness (QED) is 0.917. The zero-order valence-electron chi connectivity index (χ0n) is 15.1. The molecular formula is C19H30N4. The summed E-state index contributed by atoms with van der Waals surface area (Å²) < 4.78 is 2.38. The fourth-order valence-corrected chi connectivity index (χ4v) is 3.52. The molecule has 0 amide bonds. The summed E-state index contributed by atoms with van der Waals surface area (Å²) in [6.07, 6.45) is 6.61. The lowest BCUT2D eigenvalue weighted by Crippen LogP contribution is -2.38. The number of likely N-dealkylation sites (tertiary alicyclic amines) is 1. The largest absolute Gasteiger partial charge is 0.379 e. The average molecular weight is 314 g/mol. The SMILES string of the molecule is CC(C)N1CCC(n2ccc3cc(NC(C)(C)C)cnc32)CC1. The Labute approximate surface area is 139 Å². The van der Waals surface area contributed by atoms with Gasteiger partial charge < -0.3 is 14.8 Å². The Morgan fingerprint density at radius 2 is 1.91 bits per heavy atom. The summed E-state index contributed by atoms with van der Waals surface area (Å²) >= 11 is 0. The molecule has 0 spiro atoms. The first-order valence-corrected chi connectivity index (χ1v) is 8.82. The summed E-state index contributed by atoms with van der Waals surface area (Å²) in [7, 11) is 0. The number of anilines is 1. The van der Waals surface area contributed by atoms with E-state index in [4.69, 9.17) is 4.98 Å². The highest BCUT2D eigenvalue weighted by atomic mass is 15.2. The molecule has 3 heterocycles. The van der Waals surface area contributed by atoms with Gasteiger partial charge in [0.1, 0.15) is 5.65 Å². The minimum Gasteiger partial charge on any atom is -0.379 e. The second kappa shape index (κ2) is 6.16. The fraction of sp³-hybridized carbons (Fsp3) is 0.632. The van der Waals surface area contributed by atoms with Crippen LogP contribution >= 0.6 is 0 Å². The van der Waals surface area contributed by atoms with Gasteiger partial charge in [0.15, 0.2) is 0 Å². The van der Waals surface area contributed by atoms with Gasteiger partial charge in [-0.25, -0.2) is 4.98 Å². The van der Waals surface area contributed by atoms with Gasteiger partial charge in [-0.1, -0.05) is 0 Å². The normalized spacial score (nSPS) is 18.0. The van der Waals surface area contributed by atoms with Gasteiger partial charge in [-0.05, 0) is 59.6 Å². The summed E-state index contributed by atoms with van der Waals surface area (Å²) in [5, 5.41) is 4.73. The maximum absolute atomic E-state index is 4.74. The third kappa shape index (κ3) is 3.69. The van der Waals surface area contributed by atoms with Gasteiger partial charge in [0.2, 0.25) is 0 Å². The minimum absolute atomic E-state index is 0.0571. The Balaban J connectivity index is 1.78. The van der Waals surface area contributed by atoms with E-state index in [2.05, 4.69) is 67.7 Å². The molecule has 2 aromatic heterocycles. The molecule has 4 heteroatoms. The molecule has 0 unspecified atom stereocenters. The van der Waals surface area contributed by atoms with Crippen LogP contribution in [0.25, 0.3) is 11.0 Å². The molecule has 4 nitrogen and oxygen atoms in total. The van der Waals surface area contributed by atoms with Crippen LogP contribution in [0.15, 0.2) is 24.5 Å². The van der Waals surface area contributed by atoms with E-state index in [-0.39, 0.29) is 5.54 Å². The van der Waals surface area contributed by atoms with E-state index < -0.39 is 0 Å². The highest BCUT2D eigenvalue weighted by molar-refractivity contribution is 5.80. The molecule has 1 saturated heterocycles. The standard InChI is InChI=1S/C19H30N4/c1-14(2)22-9-7-17(8-10-22)23-11-6-15-12-16(13-20-18(15)23)21-19(3,4)5/h6,11-14,17,21H,7-10H2,1-5H3. The van der Waals surface area contributed by atoms with E-state index in [0.717, 1.165) is 11.3 Å². The van der Waals surface area contributed by atoms with Gasteiger partial charge in [-0.2, -0.15) is 0 Å². The number of aromatic nitrogens is 2. The third-order valence-electron chi connectivity index (χ3n) is 4.70. The van der Waals surface area contributed by atoms with Gasteiger partial charge in [0.25, 0.3) is 0 Å². The molecule has 0 aromatic carbocycles. The van der Waals surface area contributed by atoms with E-state index in [1.807, 2.05) is 6.20 Å². The van der Waals surface area contributed by atoms with E-state index >= 15 is 0 Å². The number of nitrogens with one attached hydrogen (secondary N) is 1. The lowest BCUT2D eigenvalue weighted by molar-refractivity contribution is 0.153. The lowest BCUT2D eigenvalue weighted by Gasteiger charge is -2.35. The Morgan fingerprint density at radius 1 is 1.22 bits per heavy atom. The van der Waals surface area contributed by atoms with Crippen molar-refractivity contribution in [3.8, 4) is 0 Å². The second-order valence-corrected chi connectivity index (χ2v) is 8.10. The van der Waals surface area contributed by atoms with Crippen LogP contribution in [0.1, 0.15) is 53.5 Å². The Hall–Kier alpha value is -1.55. The molecule has 2 aromatic rings. The van der Waals surface area contributed by atoms with E-state index in [0.29, 0.717) is 12.1 Å². The minimum atomic E-state index is 0.0571. The summed E-state index contributed by atoms with van der Waals surface area (Å²) in [5.41, 5.74) is 2.27. The maximum Gasteiger partial charge on any atom is 0.140 e. The molecule has 0 bridgehead atoms. The molecule has 0 radical (unpaired) electrons. The number of rotatable bonds is 3. The number of hydrogen-bond acceptors (Lipinski definition) is 3. The van der Waals surface area contributed by atoms with Crippen LogP contribution in [0.2, 0.25) is 0 Å². The van der Waals surface area contributed by atoms with E-state index in [1.54, 1.807) is 0 Å². The molecule has 23 heavy (non-hydrogen) atoms. The zero-order valence-corrected chi connectivity index (χ0v) is 15.1. The highest BCUT2D eigenvalue weighted by Gasteiger charge is 2.23. The van der Waals surface area contributed by atoms with Gasteiger partial charge in [0.05, 0.1) is 11.9 Å². The van der Waals surface area contributed by atoms with Crippen molar-refractivity contribution in [1.82, 2.24) is 14.5 Å². The van der Waals surface area contributed by atoms with Crippen molar-refractivity contribution in [2.75, 3.05) is 18.4 Å². The van der Waals surface area contributed by atoms with Crippen molar-refractivity contribution in [1.29, 1.82) is 0 Å². The number of fused-ring (bicyclic) bond motifs is 1. The summed E-state index contributed by atoms with van der Waals surface area (Å²) in [6, 6.07) is 5.65. The molecule has 1 N–H and O–H groups in total. The second-order valence-electron chi connectivity index (χ2n) is 8.10. The van der Waals surface area contributed by atoms with Crippen molar-refractivity contribution >= 4 is 16.7 Å². The molecule has 126 valence electrons. The zero-order chi connectivity index (χ0) is 16.6. The van der Waals surface area contributed by atoms with Crippen LogP contribution in [0.5, 0.6) is 0 Å². The lowest BCUT2D eigenvalue weighted by atomic mass is 10.0. The van der Waals surface area contributed by atoms with E-state index in [9.17, 15) is 0 Å². The Morgan fingerprint density at radius 3 is 2.52 bits per heavy atom. The molecular weight excluding hydrogens is 284 g/mol. The Kier molecular flexibility index (Phi) is 4.37. The van der Waals surface area contributed by atoms with E-state index in [1.165, 1.54) is 31.3 Å². The van der Waals surface area contributed by atoms with Gasteiger partial charge in [-0.15, -0.1) is 0 Å². The first kappa shape index (κ1) is 16.3. The van der Waals surface area contributed by atoms with Crippen molar-refractivity contribution in [3.05, 3.63) is 24.5 Å². The monoisotopic (exact) mass is 314 g/mol. The number of piperidine rings is 1. The van der Waals surface area contributed by atoms with Gasteiger partial charge >= 0.3 is 0 Å². The first-order chi connectivity index (χ1) is 10.8. The third-order valence-corrected chi connectivity index (χ3v) is 4.70. The molecule has 0 aliphatic carbocycles. The van der Waals surface area contributed by atoms with Crippen LogP contribution in [0.4, 0.5) is 5.69 Å². The Bertz CT molecular complexity index is 658. The van der Waals surface area contributed by atoms with Crippen LogP contribution in [0, 0.1) is 0 Å². The molecule has 0 atom stereocenters. The molecule has 1 aliphatic heterocycles. The van der Waals surface area contributed by atoms with Crippen LogP contribution < -0.4 is 5.32 Å². The molecule has 3 rings (SSSR count). The first-order valence-electron chi connectivity index (χ1n) is 8.82. The van der Waals surface area contributed by atoms with Crippen molar-refractivity contribution in [3.63, 3.8) is 0 Å². The highest BCUT2D eigenvalue weighted by Crippen LogP contribution is 2.29. The number of nitrogens with zero attached hydrogens (tertiary/aromatic N) is 3. The predicted octanol–water partition coefficient (Wildman–Crippen LogP) is 4.29. The van der Waals surface area contributed by atoms with Crippen molar-refractivity contribution in [2.24, 2.45) is 0 Å². The van der Waals surface area contributed by atoms with Crippen LogP contribution in [-0.2, 0) is 0 Å². The average Bonchev–Trinajstić information content (AvgIpc) is 2.88. The topological polar surface area (TPSA) is 33.1 Å². The van der Waals surface area contributed by atoms with Crippen molar-refractivity contribution in [2.45, 2.75) is 65.1 Å². The van der Waals surface area contributed by atoms with Crippen LogP contribution in [-0.4, -0.2) is 39.1 Å². The number of pyridine rings is 1. The summed E-state index contributed by atoms with van der Waals surface area (Å²) in [5.74, 6) is 0. The fourth-order valence-electron chi connectivity index (χ4n) is 3.52. The molecule has 0 saturated carbocycles. The van der Waals surface area contributed by atoms with Gasteiger partial charge in [0, 0.05) is 42.3 Å². The summed E-state index contributed by atoms with van der Waals surface area (Å²) in [4.78, 5) is 7.31. The predicted molar refractivity (Wildman–Crippen MR) is 98.1 cm³/mol. The maximum atomic E-state index is 4.74. The summed E-state index contributed by atoms with van der Waals surface area (Å²) in [6.45, 7) is 13.5. The number of hydrogen-bond donors (Lipinski definition) is 1.